The molecule has 1 saturated heterocycles. The summed E-state index contributed by atoms with van der Waals surface area (Å²) in [4.78, 5) is 105. The Kier molecular flexibility index (Phi) is 49.7. The zero-order valence-electron chi connectivity index (χ0n) is 56.3. The molecule has 0 unspecified atom stereocenters. The van der Waals surface area contributed by atoms with Crippen LogP contribution in [0.25, 0.3) is 0 Å². The molecule has 0 bridgehead atoms. The highest BCUT2D eigenvalue weighted by molar-refractivity contribution is 5.81. The fraction of sp³-hybridized carbons (Fsp3) is 0.900. The van der Waals surface area contributed by atoms with Crippen molar-refractivity contribution in [3.8, 4) is 0 Å². The first-order valence-corrected chi connectivity index (χ1v) is 35.6. The van der Waals surface area contributed by atoms with Gasteiger partial charge in [-0.2, -0.15) is 0 Å². The van der Waals surface area contributed by atoms with E-state index in [2.05, 4.69) is 65.6 Å². The molecule has 0 aromatic carbocycles. The normalized spacial score (nSPS) is 13.0. The van der Waals surface area contributed by atoms with Crippen molar-refractivity contribution in [3.05, 3.63) is 0 Å². The molecular weight excluding hydrogens is 1070 g/mol. The van der Waals surface area contributed by atoms with E-state index in [-0.39, 0.29) is 87.3 Å². The minimum Gasteiger partial charge on any atom is -0.463 e. The van der Waals surface area contributed by atoms with E-state index >= 15 is 0 Å². The van der Waals surface area contributed by atoms with Gasteiger partial charge in [0.25, 0.3) is 0 Å². The second-order valence-corrected chi connectivity index (χ2v) is 25.3. The Labute approximate surface area is 520 Å². The molecule has 1 aliphatic rings. The summed E-state index contributed by atoms with van der Waals surface area (Å²) in [5.74, 6) is -2.37. The van der Waals surface area contributed by atoms with Gasteiger partial charge >= 0.3 is 17.9 Å². The lowest BCUT2D eigenvalue weighted by Gasteiger charge is -2.37. The van der Waals surface area contributed by atoms with Gasteiger partial charge in [-0.25, -0.2) is 0 Å². The molecule has 1 N–H and O–H groups in total. The number of nitrogens with zero attached hydrogens (tertiary/aromatic N) is 4. The van der Waals surface area contributed by atoms with Crippen molar-refractivity contribution in [1.82, 2.24) is 24.9 Å². The fourth-order valence-corrected chi connectivity index (χ4v) is 11.3. The Hall–Kier alpha value is -3.75. The maximum Gasteiger partial charge on any atom is 0.305 e. The van der Waals surface area contributed by atoms with Crippen LogP contribution >= 0.6 is 0 Å². The number of hydrogen-bond donors (Lipinski definition) is 1. The zero-order valence-corrected chi connectivity index (χ0v) is 56.3. The van der Waals surface area contributed by atoms with E-state index in [1.165, 1.54) is 38.5 Å². The van der Waals surface area contributed by atoms with Crippen LogP contribution in [-0.2, 0) is 47.8 Å². The van der Waals surface area contributed by atoms with Crippen molar-refractivity contribution in [3.63, 3.8) is 0 Å². The predicted octanol–water partition coefficient (Wildman–Crippen LogP) is 15.4. The average molecular weight is 1200 g/mol. The van der Waals surface area contributed by atoms with Crippen molar-refractivity contribution in [1.29, 1.82) is 0 Å². The number of carbonyl (C=O) groups excluding carboxylic acids is 7. The smallest absolute Gasteiger partial charge is 0.305 e. The van der Waals surface area contributed by atoms with E-state index in [9.17, 15) is 33.6 Å². The van der Waals surface area contributed by atoms with Crippen LogP contribution in [0, 0.1) is 5.92 Å². The minimum atomic E-state index is -1.65. The third-order valence-electron chi connectivity index (χ3n) is 17.1. The number of likely N-dealkylation sites (tertiary alicyclic amines) is 1. The van der Waals surface area contributed by atoms with Gasteiger partial charge < -0.3 is 39.1 Å². The first-order valence-electron chi connectivity index (χ1n) is 35.6. The first kappa shape index (κ1) is 79.3. The summed E-state index contributed by atoms with van der Waals surface area (Å²) in [6, 6.07) is 0.319. The number of hydrogen-bond acceptors (Lipinski definition) is 11. The highest BCUT2D eigenvalue weighted by Gasteiger charge is 2.40. The molecule has 1 aliphatic heterocycles. The van der Waals surface area contributed by atoms with E-state index < -0.39 is 43.3 Å². The van der Waals surface area contributed by atoms with Crippen molar-refractivity contribution >= 4 is 41.5 Å². The Morgan fingerprint density at radius 3 is 0.859 bits per heavy atom. The lowest BCUT2D eigenvalue weighted by atomic mass is 9.93. The first-order chi connectivity index (χ1) is 41.2. The molecule has 0 spiro atoms. The maximum atomic E-state index is 14.4. The second-order valence-electron chi connectivity index (χ2n) is 25.3. The predicted molar refractivity (Wildman–Crippen MR) is 347 cm³/mol. The van der Waals surface area contributed by atoms with Gasteiger partial charge in [-0.1, -0.05) is 196 Å². The standard InChI is InChI=1S/C70H131N5O10/c1-9-15-21-27-33-50-73(51-34-28-22-16-10-2)63(76)42-39-45-66(79)83-58-70(71-69(82)62-48-56-72(57-49-62)61(7)8,59-84-67(80)46-40-43-64(77)74(52-35-29-23-17-11-3)53-36-30-24-18-12-4)60-85-68(81)47-41-44-65(78)75(54-37-31-25-19-13-5)55-38-32-26-20-14-6/h61-62H,9-60H2,1-8H3,(H,71,82). The molecule has 15 nitrogen and oxygen atoms in total. The van der Waals surface area contributed by atoms with Crippen LogP contribution in [0.15, 0.2) is 0 Å². The molecule has 496 valence electrons. The SMILES string of the molecule is CCCCCCCN(CCCCCCC)C(=O)CCCC(=O)OCC(COC(=O)CCCC(=O)N(CCCCCCC)CCCCCCC)(COC(=O)CCCC(=O)N(CCCCCCC)CCCCCCC)NC(=O)C1CCN(C(C)C)CC1. The third kappa shape index (κ3) is 41.2. The number of carbonyl (C=O) groups is 7. The zero-order chi connectivity index (χ0) is 62.6. The van der Waals surface area contributed by atoms with Crippen LogP contribution < -0.4 is 5.32 Å². The molecule has 0 atom stereocenters. The van der Waals surface area contributed by atoms with Crippen LogP contribution in [-0.4, -0.2) is 145 Å². The number of rotatable bonds is 57. The molecule has 15 heteroatoms. The molecule has 0 aliphatic carbocycles. The van der Waals surface area contributed by atoms with Gasteiger partial charge in [-0.15, -0.1) is 0 Å². The van der Waals surface area contributed by atoms with Crippen molar-refractivity contribution in [2.24, 2.45) is 5.92 Å². The molecule has 0 aromatic rings. The minimum absolute atomic E-state index is 0.0289. The average Bonchev–Trinajstić information content (AvgIpc) is 3.69. The summed E-state index contributed by atoms with van der Waals surface area (Å²) >= 11 is 0. The summed E-state index contributed by atoms with van der Waals surface area (Å²) in [5, 5.41) is 3.10. The second kappa shape index (κ2) is 53.3. The Balaban J connectivity index is 3.41. The molecular formula is C70H131N5O10. The van der Waals surface area contributed by atoms with Gasteiger partial charge in [0.15, 0.2) is 0 Å². The van der Waals surface area contributed by atoms with Crippen LogP contribution in [0.3, 0.4) is 0 Å². The van der Waals surface area contributed by atoms with E-state index in [0.717, 1.165) is 167 Å². The van der Waals surface area contributed by atoms with Crippen molar-refractivity contribution < 1.29 is 47.8 Å². The number of esters is 3. The molecule has 4 amide bonds. The number of amides is 4. The van der Waals surface area contributed by atoms with Crippen LogP contribution in [0.5, 0.6) is 0 Å². The van der Waals surface area contributed by atoms with Crippen LogP contribution in [0.4, 0.5) is 0 Å². The molecule has 1 rings (SSSR count). The quantitative estimate of drug-likeness (QED) is 0.0349. The molecule has 85 heavy (non-hydrogen) atoms. The lowest BCUT2D eigenvalue weighted by Crippen LogP contribution is -2.61. The summed E-state index contributed by atoms with van der Waals surface area (Å²) in [5.41, 5.74) is -1.65. The summed E-state index contributed by atoms with van der Waals surface area (Å²) in [6.07, 6.45) is 35.5. The van der Waals surface area contributed by atoms with E-state index in [4.69, 9.17) is 14.2 Å². The molecule has 0 saturated carbocycles. The van der Waals surface area contributed by atoms with E-state index in [1.54, 1.807) is 0 Å². The summed E-state index contributed by atoms with van der Waals surface area (Å²) < 4.78 is 17.9. The third-order valence-corrected chi connectivity index (χ3v) is 17.1. The number of piperidine rings is 1. The lowest BCUT2D eigenvalue weighted by molar-refractivity contribution is -0.160. The summed E-state index contributed by atoms with van der Waals surface area (Å²) in [6.45, 7) is 21.7. The Morgan fingerprint density at radius 1 is 0.376 bits per heavy atom. The van der Waals surface area contributed by atoms with Crippen LogP contribution in [0.2, 0.25) is 0 Å². The Bertz CT molecular complexity index is 1520. The Morgan fingerprint density at radius 2 is 0.624 bits per heavy atom. The van der Waals surface area contributed by atoms with Gasteiger partial charge in [0.2, 0.25) is 23.6 Å². The van der Waals surface area contributed by atoms with Crippen LogP contribution in [0.1, 0.15) is 319 Å². The number of nitrogens with one attached hydrogen (secondary N) is 1. The van der Waals surface area contributed by atoms with Gasteiger partial charge in [0, 0.05) is 89.8 Å². The molecule has 0 aromatic heterocycles. The van der Waals surface area contributed by atoms with Gasteiger partial charge in [-0.05, 0) is 97.6 Å². The van der Waals surface area contributed by atoms with E-state index in [0.29, 0.717) is 58.2 Å². The molecule has 1 fully saturated rings. The molecule has 0 radical (unpaired) electrons. The van der Waals surface area contributed by atoms with Crippen molar-refractivity contribution in [2.75, 3.05) is 72.2 Å². The van der Waals surface area contributed by atoms with Gasteiger partial charge in [0.05, 0.1) is 0 Å². The maximum absolute atomic E-state index is 14.4. The van der Waals surface area contributed by atoms with Gasteiger partial charge in [0.1, 0.15) is 25.4 Å². The summed E-state index contributed by atoms with van der Waals surface area (Å²) in [7, 11) is 0. The van der Waals surface area contributed by atoms with Crippen molar-refractivity contribution in [2.45, 2.75) is 330 Å². The van der Waals surface area contributed by atoms with E-state index in [1.807, 2.05) is 14.7 Å². The number of ether oxygens (including phenoxy) is 3. The van der Waals surface area contributed by atoms with Gasteiger partial charge in [-0.3, -0.25) is 33.6 Å². The topological polar surface area (TPSA) is 172 Å². The largest absolute Gasteiger partial charge is 0.463 e. The highest BCUT2D eigenvalue weighted by atomic mass is 16.6. The molecule has 1 heterocycles. The monoisotopic (exact) mass is 1200 g/mol. The number of unbranched alkanes of at least 4 members (excludes halogenated alkanes) is 24. The fourth-order valence-electron chi connectivity index (χ4n) is 11.3. The highest BCUT2D eigenvalue weighted by Crippen LogP contribution is 2.23.